The zero-order valence-corrected chi connectivity index (χ0v) is 10.2. The Morgan fingerprint density at radius 1 is 1.22 bits per heavy atom. The minimum Gasteiger partial charge on any atom is -0.449 e. The summed E-state index contributed by atoms with van der Waals surface area (Å²) in [6.07, 6.45) is 7.19. The van der Waals surface area contributed by atoms with Gasteiger partial charge in [-0.1, -0.05) is 18.2 Å². The fourth-order valence-corrected chi connectivity index (χ4v) is 2.59. The molecular weight excluding hydrogens is 226 g/mol. The lowest BCUT2D eigenvalue weighted by Gasteiger charge is -2.18. The topological polar surface area (TPSA) is 43.1 Å². The van der Waals surface area contributed by atoms with Crippen LogP contribution in [0, 0.1) is 0 Å². The van der Waals surface area contributed by atoms with Gasteiger partial charge in [-0.2, -0.15) is 0 Å². The number of carbonyl (C=O) groups is 1. The van der Waals surface area contributed by atoms with E-state index in [1.54, 1.807) is 12.5 Å². The molecule has 0 radical (unpaired) electrons. The molecule has 1 aliphatic carbocycles. The summed E-state index contributed by atoms with van der Waals surface area (Å²) in [7, 11) is 0. The van der Waals surface area contributed by atoms with E-state index < -0.39 is 0 Å². The highest BCUT2D eigenvalue weighted by Crippen LogP contribution is 2.23. The summed E-state index contributed by atoms with van der Waals surface area (Å²) in [5.41, 5.74) is 3.90. The third-order valence-electron chi connectivity index (χ3n) is 3.50. The Bertz CT molecular complexity index is 558. The van der Waals surface area contributed by atoms with E-state index in [-0.39, 0.29) is 0 Å². The van der Waals surface area contributed by atoms with Crippen molar-refractivity contribution in [3.05, 3.63) is 53.2 Å². The number of Topliss-reactive ketones (excluding diaryl/α,β-unsaturated/α-hetero) is 1. The predicted octanol–water partition coefficient (Wildman–Crippen LogP) is 2.52. The summed E-state index contributed by atoms with van der Waals surface area (Å²) >= 11 is 0. The van der Waals surface area contributed by atoms with E-state index in [9.17, 15) is 4.79 Å². The lowest BCUT2D eigenvalue weighted by atomic mass is 9.86. The van der Waals surface area contributed by atoms with Gasteiger partial charge in [0.25, 0.3) is 0 Å². The lowest BCUT2D eigenvalue weighted by molar-refractivity contribution is -0.118. The van der Waals surface area contributed by atoms with E-state index in [1.165, 1.54) is 16.7 Å². The van der Waals surface area contributed by atoms with Crippen LogP contribution in [0.15, 0.2) is 35.1 Å². The van der Waals surface area contributed by atoms with Crippen LogP contribution in [-0.4, -0.2) is 10.8 Å². The van der Waals surface area contributed by atoms with Gasteiger partial charge in [-0.15, -0.1) is 0 Å². The molecule has 0 bridgehead atoms. The summed E-state index contributed by atoms with van der Waals surface area (Å²) < 4.78 is 5.25. The van der Waals surface area contributed by atoms with Crippen LogP contribution in [0.5, 0.6) is 0 Å². The van der Waals surface area contributed by atoms with Gasteiger partial charge in [0.15, 0.2) is 5.89 Å². The Morgan fingerprint density at radius 2 is 2.17 bits per heavy atom. The molecule has 0 saturated carbocycles. The molecule has 3 rings (SSSR count). The van der Waals surface area contributed by atoms with Crippen LogP contribution in [-0.2, 0) is 30.5 Å². The number of nitrogens with zero attached hydrogens (tertiary/aromatic N) is 1. The van der Waals surface area contributed by atoms with Crippen LogP contribution in [0.1, 0.15) is 29.0 Å². The first-order valence-electron chi connectivity index (χ1n) is 6.32. The number of ketones is 1. The number of carbonyl (C=O) groups excluding carboxylic acids is 1. The molecule has 92 valence electrons. The zero-order valence-electron chi connectivity index (χ0n) is 10.2. The van der Waals surface area contributed by atoms with Gasteiger partial charge in [-0.05, 0) is 29.5 Å². The highest BCUT2D eigenvalue weighted by molar-refractivity contribution is 5.83. The van der Waals surface area contributed by atoms with E-state index in [2.05, 4.69) is 17.1 Å². The lowest BCUT2D eigenvalue weighted by Crippen LogP contribution is -2.15. The molecule has 1 aromatic carbocycles. The van der Waals surface area contributed by atoms with Crippen LogP contribution in [0.4, 0.5) is 0 Å². The fourth-order valence-electron chi connectivity index (χ4n) is 2.59. The molecule has 0 atom stereocenters. The number of hydrogen-bond donors (Lipinski definition) is 0. The molecule has 0 saturated heterocycles. The second kappa shape index (κ2) is 4.77. The van der Waals surface area contributed by atoms with Gasteiger partial charge < -0.3 is 4.42 Å². The normalized spacial score (nSPS) is 14.6. The quantitative estimate of drug-likeness (QED) is 0.829. The minimum atomic E-state index is 0.354. The fraction of sp³-hybridized carbons (Fsp3) is 0.333. The predicted molar refractivity (Wildman–Crippen MR) is 67.4 cm³/mol. The van der Waals surface area contributed by atoms with Crippen molar-refractivity contribution in [2.24, 2.45) is 0 Å². The first-order chi connectivity index (χ1) is 8.83. The number of benzene rings is 1. The van der Waals surface area contributed by atoms with Crippen LogP contribution in [0.2, 0.25) is 0 Å². The van der Waals surface area contributed by atoms with Gasteiger partial charge in [0, 0.05) is 19.3 Å². The Morgan fingerprint density at radius 3 is 3.00 bits per heavy atom. The highest BCUT2D eigenvalue weighted by Gasteiger charge is 2.17. The average Bonchev–Trinajstić information content (AvgIpc) is 2.89. The summed E-state index contributed by atoms with van der Waals surface area (Å²) in [5.74, 6) is 1.13. The Kier molecular flexibility index (Phi) is 2.97. The maximum atomic E-state index is 11.5. The first-order valence-corrected chi connectivity index (χ1v) is 6.32. The molecule has 3 heteroatoms. The summed E-state index contributed by atoms with van der Waals surface area (Å²) in [4.78, 5) is 15.6. The van der Waals surface area contributed by atoms with E-state index >= 15 is 0 Å². The summed E-state index contributed by atoms with van der Waals surface area (Å²) in [6.45, 7) is 0. The van der Waals surface area contributed by atoms with E-state index in [1.807, 2.05) is 6.07 Å². The molecule has 0 fully saturated rings. The van der Waals surface area contributed by atoms with Crippen LogP contribution in [0.25, 0.3) is 0 Å². The highest BCUT2D eigenvalue weighted by atomic mass is 16.3. The molecule has 0 spiro atoms. The largest absolute Gasteiger partial charge is 0.449 e. The molecule has 0 unspecified atom stereocenters. The van der Waals surface area contributed by atoms with Gasteiger partial charge >= 0.3 is 0 Å². The monoisotopic (exact) mass is 241 g/mol. The van der Waals surface area contributed by atoms with Crippen molar-refractivity contribution in [1.29, 1.82) is 0 Å². The second-order valence-electron chi connectivity index (χ2n) is 4.70. The molecule has 18 heavy (non-hydrogen) atoms. The Labute approximate surface area is 106 Å². The third-order valence-corrected chi connectivity index (χ3v) is 3.50. The molecule has 0 N–H and O–H groups in total. The van der Waals surface area contributed by atoms with Crippen molar-refractivity contribution in [2.45, 2.75) is 32.1 Å². The summed E-state index contributed by atoms with van der Waals surface area (Å²) in [6, 6.07) is 6.26. The number of oxazole rings is 1. The smallest absolute Gasteiger partial charge is 0.194 e. The molecule has 1 aromatic heterocycles. The van der Waals surface area contributed by atoms with Crippen molar-refractivity contribution in [1.82, 2.24) is 4.98 Å². The number of aromatic nitrogens is 1. The van der Waals surface area contributed by atoms with Crippen LogP contribution in [0.3, 0.4) is 0 Å². The first kappa shape index (κ1) is 11.2. The molecule has 1 aliphatic rings. The zero-order chi connectivity index (χ0) is 12.4. The van der Waals surface area contributed by atoms with Crippen LogP contribution < -0.4 is 0 Å². The third kappa shape index (κ3) is 2.21. The minimum absolute atomic E-state index is 0.354. The van der Waals surface area contributed by atoms with Crippen molar-refractivity contribution < 1.29 is 9.21 Å². The number of rotatable bonds is 3. The molecule has 0 aliphatic heterocycles. The second-order valence-corrected chi connectivity index (χ2v) is 4.70. The molecule has 2 aromatic rings. The van der Waals surface area contributed by atoms with E-state index in [0.717, 1.165) is 25.2 Å². The van der Waals surface area contributed by atoms with Gasteiger partial charge in [0.05, 0.1) is 6.20 Å². The average molecular weight is 241 g/mol. The standard InChI is InChI=1S/C15H15NO2/c17-13-5-6-14-11(2-1-3-12(14)10-13)4-7-15-16-8-9-18-15/h1-3,8-9H,4-7,10H2. The van der Waals surface area contributed by atoms with Crippen LogP contribution >= 0.6 is 0 Å². The van der Waals surface area contributed by atoms with Gasteiger partial charge in [-0.3, -0.25) is 4.79 Å². The Hall–Kier alpha value is -1.90. The summed E-state index contributed by atoms with van der Waals surface area (Å²) in [5, 5.41) is 0. The van der Waals surface area contributed by atoms with Gasteiger partial charge in [0.2, 0.25) is 0 Å². The van der Waals surface area contributed by atoms with E-state index in [0.29, 0.717) is 18.6 Å². The van der Waals surface area contributed by atoms with E-state index in [4.69, 9.17) is 4.42 Å². The molecule has 3 nitrogen and oxygen atoms in total. The van der Waals surface area contributed by atoms with Gasteiger partial charge in [-0.25, -0.2) is 4.98 Å². The number of hydrogen-bond acceptors (Lipinski definition) is 3. The molecule has 1 heterocycles. The maximum Gasteiger partial charge on any atom is 0.194 e. The maximum absolute atomic E-state index is 11.5. The number of aryl methyl sites for hydroxylation is 2. The SMILES string of the molecule is O=C1CCc2c(CCc3ncco3)cccc2C1. The number of fused-ring (bicyclic) bond motifs is 1. The van der Waals surface area contributed by atoms with Crippen molar-refractivity contribution in [3.63, 3.8) is 0 Å². The van der Waals surface area contributed by atoms with Crippen molar-refractivity contribution in [3.8, 4) is 0 Å². The van der Waals surface area contributed by atoms with Crippen molar-refractivity contribution in [2.75, 3.05) is 0 Å². The Balaban J connectivity index is 1.80. The molecule has 0 amide bonds. The van der Waals surface area contributed by atoms with Gasteiger partial charge in [0.1, 0.15) is 12.0 Å². The van der Waals surface area contributed by atoms with Crippen molar-refractivity contribution >= 4 is 5.78 Å². The molecular formula is C15H15NO2.